The van der Waals surface area contributed by atoms with Gasteiger partial charge in [-0.05, 0) is 87.3 Å². The number of aromatic nitrogens is 1. The number of nitrogens with zero attached hydrogens (tertiary/aromatic N) is 2. The summed E-state index contributed by atoms with van der Waals surface area (Å²) < 4.78 is 2.18. The number of aryl methyl sites for hydroxylation is 4. The number of imide groups is 1. The molecule has 1 saturated heterocycles. The standard InChI is InChI=1S/C27H26ClN3O3S/c1-15-10-16(2)25(17(3)11-15)31-18(4)12-20(19(31)5)13-23-26(33)30(27(34)35-23)14-24(32)29-22-9-7-6-8-21(22)28/h6-13H,14H2,1-5H3,(H,29,32)/b23-13+. The maximum atomic E-state index is 13.0. The van der Waals surface area contributed by atoms with Crippen LogP contribution in [-0.4, -0.2) is 33.1 Å². The molecule has 0 aliphatic carbocycles. The summed E-state index contributed by atoms with van der Waals surface area (Å²) in [5.74, 6) is -0.980. The van der Waals surface area contributed by atoms with E-state index in [1.807, 2.05) is 19.9 Å². The summed E-state index contributed by atoms with van der Waals surface area (Å²) in [7, 11) is 0. The van der Waals surface area contributed by atoms with Crippen molar-refractivity contribution >= 4 is 52.2 Å². The van der Waals surface area contributed by atoms with Crippen molar-refractivity contribution in [1.82, 2.24) is 9.47 Å². The Balaban J connectivity index is 1.58. The van der Waals surface area contributed by atoms with Crippen LogP contribution < -0.4 is 5.32 Å². The summed E-state index contributed by atoms with van der Waals surface area (Å²) >= 11 is 6.92. The number of nitrogens with one attached hydrogen (secondary N) is 1. The van der Waals surface area contributed by atoms with Crippen LogP contribution in [0, 0.1) is 34.6 Å². The van der Waals surface area contributed by atoms with E-state index in [0.29, 0.717) is 10.7 Å². The minimum absolute atomic E-state index is 0.290. The Morgan fingerprint density at radius 2 is 1.69 bits per heavy atom. The van der Waals surface area contributed by atoms with E-state index in [1.54, 1.807) is 30.3 Å². The van der Waals surface area contributed by atoms with E-state index in [9.17, 15) is 14.4 Å². The molecule has 1 aliphatic heterocycles. The summed E-state index contributed by atoms with van der Waals surface area (Å²) in [6.45, 7) is 9.90. The minimum atomic E-state index is -0.495. The topological polar surface area (TPSA) is 71.4 Å². The molecule has 8 heteroatoms. The first-order valence-corrected chi connectivity index (χ1v) is 12.3. The maximum Gasteiger partial charge on any atom is 0.294 e. The summed E-state index contributed by atoms with van der Waals surface area (Å²) in [6, 6.07) is 13.1. The van der Waals surface area contributed by atoms with Gasteiger partial charge < -0.3 is 9.88 Å². The Morgan fingerprint density at radius 1 is 1.03 bits per heavy atom. The molecule has 1 aromatic heterocycles. The summed E-state index contributed by atoms with van der Waals surface area (Å²) in [5.41, 5.74) is 7.95. The molecule has 2 aromatic carbocycles. The number of rotatable bonds is 5. The van der Waals surface area contributed by atoms with E-state index in [1.165, 1.54) is 16.7 Å². The van der Waals surface area contributed by atoms with Crippen molar-refractivity contribution in [3.05, 3.63) is 86.0 Å². The second kappa shape index (κ2) is 9.76. The number of halogens is 1. The van der Waals surface area contributed by atoms with Crippen molar-refractivity contribution in [2.75, 3.05) is 11.9 Å². The van der Waals surface area contributed by atoms with Crippen molar-refractivity contribution in [2.45, 2.75) is 34.6 Å². The number of amides is 3. The van der Waals surface area contributed by atoms with Gasteiger partial charge in [0.1, 0.15) is 6.54 Å². The number of thioether (sulfide) groups is 1. The van der Waals surface area contributed by atoms with Crippen molar-refractivity contribution in [3.8, 4) is 5.69 Å². The van der Waals surface area contributed by atoms with E-state index < -0.39 is 17.1 Å². The highest BCUT2D eigenvalue weighted by Crippen LogP contribution is 2.34. The Labute approximate surface area is 214 Å². The van der Waals surface area contributed by atoms with E-state index in [-0.39, 0.29) is 11.4 Å². The third-order valence-electron chi connectivity index (χ3n) is 5.94. The summed E-state index contributed by atoms with van der Waals surface area (Å²) in [6.07, 6.45) is 1.73. The fraction of sp³-hybridized carbons (Fsp3) is 0.222. The number of hydrogen-bond acceptors (Lipinski definition) is 4. The van der Waals surface area contributed by atoms with Gasteiger partial charge in [0, 0.05) is 11.4 Å². The molecule has 0 atom stereocenters. The molecule has 0 saturated carbocycles. The van der Waals surface area contributed by atoms with Crippen molar-refractivity contribution in [1.29, 1.82) is 0 Å². The number of anilines is 1. The Hall–Kier alpha value is -3.29. The fourth-order valence-electron chi connectivity index (χ4n) is 4.48. The van der Waals surface area contributed by atoms with E-state index >= 15 is 0 Å². The quantitative estimate of drug-likeness (QED) is 0.408. The first-order valence-electron chi connectivity index (χ1n) is 11.1. The molecule has 1 fully saturated rings. The highest BCUT2D eigenvalue weighted by molar-refractivity contribution is 8.18. The van der Waals surface area contributed by atoms with Gasteiger partial charge in [-0.2, -0.15) is 0 Å². The van der Waals surface area contributed by atoms with Gasteiger partial charge >= 0.3 is 0 Å². The van der Waals surface area contributed by atoms with Crippen LogP contribution in [0.3, 0.4) is 0 Å². The Bertz CT molecular complexity index is 1380. The van der Waals surface area contributed by atoms with E-state index in [4.69, 9.17) is 11.6 Å². The SMILES string of the molecule is Cc1cc(C)c(-n2c(C)cc(/C=C3/SC(=O)N(CC(=O)Nc4ccccc4Cl)C3=O)c2C)c(C)c1. The molecular formula is C27H26ClN3O3S. The van der Waals surface area contributed by atoms with Crippen LogP contribution in [0.2, 0.25) is 5.02 Å². The van der Waals surface area contributed by atoms with Crippen LogP contribution in [0.15, 0.2) is 47.4 Å². The molecule has 35 heavy (non-hydrogen) atoms. The van der Waals surface area contributed by atoms with Gasteiger partial charge in [-0.15, -0.1) is 0 Å². The van der Waals surface area contributed by atoms with Crippen LogP contribution in [0.4, 0.5) is 10.5 Å². The molecule has 3 amide bonds. The molecule has 180 valence electrons. The zero-order chi connectivity index (χ0) is 25.4. The van der Waals surface area contributed by atoms with Crippen molar-refractivity contribution in [2.24, 2.45) is 0 Å². The molecule has 6 nitrogen and oxygen atoms in total. The lowest BCUT2D eigenvalue weighted by Gasteiger charge is -2.17. The second-order valence-corrected chi connectivity index (χ2v) is 10.1. The van der Waals surface area contributed by atoms with Gasteiger partial charge in [0.25, 0.3) is 11.1 Å². The zero-order valence-electron chi connectivity index (χ0n) is 20.2. The van der Waals surface area contributed by atoms with Crippen LogP contribution in [0.5, 0.6) is 0 Å². The average Bonchev–Trinajstić information content (AvgIpc) is 3.19. The number of carbonyl (C=O) groups is 3. The normalized spacial score (nSPS) is 14.8. The Morgan fingerprint density at radius 3 is 2.34 bits per heavy atom. The number of benzene rings is 2. The lowest BCUT2D eigenvalue weighted by Crippen LogP contribution is -2.36. The van der Waals surface area contributed by atoms with E-state index in [0.717, 1.165) is 39.3 Å². The molecule has 4 rings (SSSR count). The van der Waals surface area contributed by atoms with E-state index in [2.05, 4.69) is 42.8 Å². The molecule has 2 heterocycles. The highest BCUT2D eigenvalue weighted by atomic mass is 35.5. The predicted molar refractivity (Wildman–Crippen MR) is 142 cm³/mol. The highest BCUT2D eigenvalue weighted by Gasteiger charge is 2.36. The third kappa shape index (κ3) is 4.92. The van der Waals surface area contributed by atoms with Crippen molar-refractivity contribution < 1.29 is 14.4 Å². The van der Waals surface area contributed by atoms with Crippen LogP contribution >= 0.6 is 23.4 Å². The molecule has 0 radical (unpaired) electrons. The van der Waals surface area contributed by atoms with Crippen molar-refractivity contribution in [3.63, 3.8) is 0 Å². The molecule has 0 unspecified atom stereocenters. The smallest absolute Gasteiger partial charge is 0.294 e. The third-order valence-corrected chi connectivity index (χ3v) is 7.18. The van der Waals surface area contributed by atoms with Crippen LogP contribution in [0.25, 0.3) is 11.8 Å². The van der Waals surface area contributed by atoms with Gasteiger partial charge in [0.2, 0.25) is 5.91 Å². The van der Waals surface area contributed by atoms with Crippen LogP contribution in [-0.2, 0) is 9.59 Å². The Kier molecular flexibility index (Phi) is 6.92. The molecule has 0 spiro atoms. The zero-order valence-corrected chi connectivity index (χ0v) is 21.8. The first kappa shape index (κ1) is 24.8. The maximum absolute atomic E-state index is 13.0. The lowest BCUT2D eigenvalue weighted by molar-refractivity contribution is -0.127. The summed E-state index contributed by atoms with van der Waals surface area (Å²) in [5, 5.41) is 2.55. The minimum Gasteiger partial charge on any atom is -0.323 e. The molecular weight excluding hydrogens is 482 g/mol. The monoisotopic (exact) mass is 507 g/mol. The number of carbonyl (C=O) groups excluding carboxylic acids is 3. The number of para-hydroxylation sites is 1. The lowest BCUT2D eigenvalue weighted by atomic mass is 10.0. The number of hydrogen-bond donors (Lipinski definition) is 1. The first-order chi connectivity index (χ1) is 16.6. The second-order valence-electron chi connectivity index (χ2n) is 8.71. The molecule has 3 aromatic rings. The van der Waals surface area contributed by atoms with Gasteiger partial charge in [-0.25, -0.2) is 0 Å². The van der Waals surface area contributed by atoms with Gasteiger partial charge in [0.15, 0.2) is 0 Å². The van der Waals surface area contributed by atoms with Crippen LogP contribution in [0.1, 0.15) is 33.6 Å². The van der Waals surface area contributed by atoms with Gasteiger partial charge in [-0.3, -0.25) is 19.3 Å². The molecule has 1 aliphatic rings. The molecule has 0 bridgehead atoms. The summed E-state index contributed by atoms with van der Waals surface area (Å²) in [4.78, 5) is 39.3. The van der Waals surface area contributed by atoms with Gasteiger partial charge in [-0.1, -0.05) is 41.4 Å². The largest absolute Gasteiger partial charge is 0.323 e. The molecule has 1 N–H and O–H groups in total. The predicted octanol–water partition coefficient (Wildman–Crippen LogP) is 6.35. The average molecular weight is 508 g/mol. The van der Waals surface area contributed by atoms with Gasteiger partial charge in [0.05, 0.1) is 21.3 Å². The fourth-order valence-corrected chi connectivity index (χ4v) is 5.49.